The van der Waals surface area contributed by atoms with E-state index in [1.54, 1.807) is 12.4 Å². The summed E-state index contributed by atoms with van der Waals surface area (Å²) in [5, 5.41) is 0. The fourth-order valence-electron chi connectivity index (χ4n) is 6.46. The molecule has 0 radical (unpaired) electrons. The van der Waals surface area contributed by atoms with Crippen LogP contribution in [0.5, 0.6) is 0 Å². The molecule has 150 valence electrons. The number of hydrogen-bond acceptors (Lipinski definition) is 4. The first-order valence-corrected chi connectivity index (χ1v) is 11.2. The fraction of sp³-hybridized carbons (Fsp3) is 0.542. The summed E-state index contributed by atoms with van der Waals surface area (Å²) in [5.74, 6) is 1.44. The first-order chi connectivity index (χ1) is 14.3. The van der Waals surface area contributed by atoms with Crippen molar-refractivity contribution in [3.05, 3.63) is 47.8 Å². The molecule has 3 fully saturated rings. The molecule has 0 saturated carbocycles. The number of piperidine rings is 3. The average Bonchev–Trinajstić information content (AvgIpc) is 2.78. The Bertz CT molecular complexity index is 986. The monoisotopic (exact) mass is 388 g/mol. The van der Waals surface area contributed by atoms with Gasteiger partial charge in [-0.2, -0.15) is 0 Å². The highest BCUT2D eigenvalue weighted by molar-refractivity contribution is 5.97. The summed E-state index contributed by atoms with van der Waals surface area (Å²) in [5.41, 5.74) is 3.92. The Morgan fingerprint density at radius 3 is 2.86 bits per heavy atom. The van der Waals surface area contributed by atoms with Crippen LogP contribution in [0.15, 0.2) is 42.2 Å². The number of likely N-dealkylation sites (tertiary alicyclic amines) is 1. The van der Waals surface area contributed by atoms with E-state index < -0.39 is 0 Å². The molecule has 3 saturated heterocycles. The minimum absolute atomic E-state index is 0.160. The van der Waals surface area contributed by atoms with E-state index in [0.717, 1.165) is 48.6 Å². The Kier molecular flexibility index (Phi) is 4.19. The first-order valence-electron chi connectivity index (χ1n) is 11.2. The number of carbonyl (C=O) groups is 1. The number of carbonyl (C=O) groups excluding carboxylic acids is 1. The third-order valence-corrected chi connectivity index (χ3v) is 7.63. The van der Waals surface area contributed by atoms with Crippen LogP contribution in [0.4, 0.5) is 0 Å². The topological polar surface area (TPSA) is 49.3 Å². The van der Waals surface area contributed by atoms with Gasteiger partial charge in [-0.3, -0.25) is 19.7 Å². The summed E-state index contributed by atoms with van der Waals surface area (Å²) in [4.78, 5) is 27.2. The molecule has 0 unspecified atom stereocenters. The van der Waals surface area contributed by atoms with Crippen LogP contribution in [0.1, 0.15) is 48.9 Å². The van der Waals surface area contributed by atoms with Crippen LogP contribution < -0.4 is 0 Å². The first kappa shape index (κ1) is 17.6. The smallest absolute Gasteiger partial charge is 0.254 e. The summed E-state index contributed by atoms with van der Waals surface area (Å²) in [6, 6.07) is 6.79. The highest BCUT2D eigenvalue weighted by atomic mass is 16.2. The zero-order chi connectivity index (χ0) is 19.4. The standard InChI is InChI=1S/C24H28N4O/c29-24(17-6-7-20-21(14-17)26-9-8-25-20)28-11-3-4-16-12-18-13-19(23(16)28)15-27-10-2-1-5-22(18)27/h6-9,12,14,18-19,22-23H,1-5,10-11,13,15H2/t18-,19-,22+,23+/m0/s1. The van der Waals surface area contributed by atoms with Crippen LogP contribution in [-0.2, 0) is 0 Å². The molecule has 29 heavy (non-hydrogen) atoms. The SMILES string of the molecule is O=C(c1ccc2nccnc2c1)N1CCCC2=C[C@H]3C[C@@H](CN4CCCC[C@H]34)[C@@H]21. The molecular formula is C24H28N4O. The molecule has 0 spiro atoms. The highest BCUT2D eigenvalue weighted by Gasteiger charge is 2.46. The molecule has 0 N–H and O–H groups in total. The largest absolute Gasteiger partial charge is 0.332 e. The van der Waals surface area contributed by atoms with E-state index in [2.05, 4.69) is 25.8 Å². The lowest BCUT2D eigenvalue weighted by Crippen LogP contribution is -2.60. The Hall–Kier alpha value is -2.27. The minimum Gasteiger partial charge on any atom is -0.332 e. The lowest BCUT2D eigenvalue weighted by atomic mass is 9.68. The lowest BCUT2D eigenvalue weighted by Gasteiger charge is -2.54. The molecule has 1 aromatic heterocycles. The molecule has 5 heteroatoms. The number of aromatic nitrogens is 2. The van der Waals surface area contributed by atoms with E-state index in [9.17, 15) is 4.79 Å². The van der Waals surface area contributed by atoms with Crippen LogP contribution in [0.2, 0.25) is 0 Å². The fourth-order valence-corrected chi connectivity index (χ4v) is 6.46. The van der Waals surface area contributed by atoms with Crippen molar-refractivity contribution in [2.24, 2.45) is 11.8 Å². The van der Waals surface area contributed by atoms with Crippen LogP contribution in [0.25, 0.3) is 11.0 Å². The van der Waals surface area contributed by atoms with Crippen LogP contribution >= 0.6 is 0 Å². The van der Waals surface area contributed by atoms with E-state index in [4.69, 9.17) is 0 Å². The summed E-state index contributed by atoms with van der Waals surface area (Å²) in [6.45, 7) is 3.27. The second kappa shape index (κ2) is 6.91. The van der Waals surface area contributed by atoms with Crippen molar-refractivity contribution in [3.63, 3.8) is 0 Å². The quantitative estimate of drug-likeness (QED) is 0.700. The minimum atomic E-state index is 0.160. The maximum Gasteiger partial charge on any atom is 0.254 e. The van der Waals surface area contributed by atoms with Crippen LogP contribution in [0.3, 0.4) is 0 Å². The molecule has 2 aromatic rings. The molecule has 4 atom stereocenters. The maximum absolute atomic E-state index is 13.6. The third kappa shape index (κ3) is 2.90. The second-order valence-electron chi connectivity index (χ2n) is 9.27. The maximum atomic E-state index is 13.6. The van der Waals surface area contributed by atoms with Gasteiger partial charge in [0.15, 0.2) is 0 Å². The molecule has 1 amide bonds. The van der Waals surface area contributed by atoms with Gasteiger partial charge in [0.2, 0.25) is 0 Å². The molecule has 6 rings (SSSR count). The Balaban J connectivity index is 1.33. The normalized spacial score (nSPS) is 31.7. The predicted molar refractivity (Wildman–Crippen MR) is 112 cm³/mol. The van der Waals surface area contributed by atoms with E-state index in [1.807, 2.05) is 18.2 Å². The number of nitrogens with zero attached hydrogens (tertiary/aromatic N) is 4. The Morgan fingerprint density at radius 2 is 1.93 bits per heavy atom. The zero-order valence-electron chi connectivity index (χ0n) is 16.8. The van der Waals surface area contributed by atoms with E-state index in [1.165, 1.54) is 37.8 Å². The van der Waals surface area contributed by atoms with Gasteiger partial charge in [0.25, 0.3) is 5.91 Å². The van der Waals surface area contributed by atoms with Gasteiger partial charge in [0.1, 0.15) is 0 Å². The Labute approximate surface area is 171 Å². The van der Waals surface area contributed by atoms with Gasteiger partial charge < -0.3 is 4.90 Å². The Morgan fingerprint density at radius 1 is 1.03 bits per heavy atom. The molecule has 4 heterocycles. The number of fused-ring (bicyclic) bond motifs is 7. The van der Waals surface area contributed by atoms with Gasteiger partial charge in [-0.15, -0.1) is 0 Å². The molecule has 3 aliphatic heterocycles. The summed E-state index contributed by atoms with van der Waals surface area (Å²) in [7, 11) is 0. The van der Waals surface area contributed by atoms with Gasteiger partial charge in [-0.25, -0.2) is 0 Å². The summed E-state index contributed by atoms with van der Waals surface area (Å²) < 4.78 is 0. The van der Waals surface area contributed by atoms with Gasteiger partial charge in [0, 0.05) is 37.1 Å². The van der Waals surface area contributed by atoms with Crippen molar-refractivity contribution in [1.82, 2.24) is 19.8 Å². The number of rotatable bonds is 1. The van der Waals surface area contributed by atoms with Gasteiger partial charge in [-0.1, -0.05) is 18.1 Å². The lowest BCUT2D eigenvalue weighted by molar-refractivity contribution is 0.00148. The van der Waals surface area contributed by atoms with Crippen molar-refractivity contribution in [1.29, 1.82) is 0 Å². The number of hydrogen-bond donors (Lipinski definition) is 0. The molecule has 2 bridgehead atoms. The second-order valence-corrected chi connectivity index (χ2v) is 9.27. The zero-order valence-corrected chi connectivity index (χ0v) is 16.8. The molecule has 1 aliphatic carbocycles. The molecule has 1 aromatic carbocycles. The van der Waals surface area contributed by atoms with Crippen molar-refractivity contribution < 1.29 is 4.79 Å². The van der Waals surface area contributed by atoms with Gasteiger partial charge in [-0.05, 0) is 68.7 Å². The van der Waals surface area contributed by atoms with E-state index in [0.29, 0.717) is 11.8 Å². The third-order valence-electron chi connectivity index (χ3n) is 7.63. The van der Waals surface area contributed by atoms with Crippen LogP contribution in [0, 0.1) is 11.8 Å². The summed E-state index contributed by atoms with van der Waals surface area (Å²) in [6.07, 6.45) is 13.5. The van der Waals surface area contributed by atoms with E-state index in [-0.39, 0.29) is 11.9 Å². The average molecular weight is 389 g/mol. The van der Waals surface area contributed by atoms with Gasteiger partial charge in [0.05, 0.1) is 17.1 Å². The van der Waals surface area contributed by atoms with Crippen molar-refractivity contribution in [2.75, 3.05) is 19.6 Å². The predicted octanol–water partition coefficient (Wildman–Crippen LogP) is 3.67. The van der Waals surface area contributed by atoms with E-state index >= 15 is 0 Å². The van der Waals surface area contributed by atoms with Crippen molar-refractivity contribution in [2.45, 2.75) is 50.6 Å². The van der Waals surface area contributed by atoms with Gasteiger partial charge >= 0.3 is 0 Å². The summed E-state index contributed by atoms with van der Waals surface area (Å²) >= 11 is 0. The number of amides is 1. The highest BCUT2D eigenvalue weighted by Crippen LogP contribution is 2.45. The van der Waals surface area contributed by atoms with Crippen molar-refractivity contribution in [3.8, 4) is 0 Å². The number of benzene rings is 1. The molecule has 5 nitrogen and oxygen atoms in total. The van der Waals surface area contributed by atoms with Crippen LogP contribution in [-0.4, -0.2) is 57.4 Å². The molecule has 4 aliphatic rings. The molecular weight excluding hydrogens is 360 g/mol. The van der Waals surface area contributed by atoms with Crippen molar-refractivity contribution >= 4 is 16.9 Å².